The van der Waals surface area contributed by atoms with E-state index in [0.717, 1.165) is 16.0 Å². The number of carbonyl (C=O) groups is 3. The highest BCUT2D eigenvalue weighted by Crippen LogP contribution is 2.39. The van der Waals surface area contributed by atoms with E-state index in [1.807, 2.05) is 43.3 Å². The van der Waals surface area contributed by atoms with Gasteiger partial charge in [-0.05, 0) is 24.1 Å². The number of thiophene rings is 1. The van der Waals surface area contributed by atoms with Crippen molar-refractivity contribution >= 4 is 34.1 Å². The molecule has 2 aromatic carbocycles. The summed E-state index contributed by atoms with van der Waals surface area (Å²) in [5.74, 6) is -1.65. The number of anilines is 1. The smallest absolute Gasteiger partial charge is 0.339 e. The molecule has 3 aromatic rings. The van der Waals surface area contributed by atoms with E-state index in [0.29, 0.717) is 16.1 Å². The van der Waals surface area contributed by atoms with Crippen LogP contribution < -0.4 is 11.1 Å². The fourth-order valence-corrected chi connectivity index (χ4v) is 4.57. The number of primary amides is 1. The van der Waals surface area contributed by atoms with Crippen molar-refractivity contribution in [2.45, 2.75) is 19.4 Å². The summed E-state index contributed by atoms with van der Waals surface area (Å²) in [7, 11) is 0. The van der Waals surface area contributed by atoms with E-state index in [2.05, 4.69) is 5.32 Å². The van der Waals surface area contributed by atoms with Gasteiger partial charge < -0.3 is 15.8 Å². The van der Waals surface area contributed by atoms with Crippen molar-refractivity contribution in [1.29, 1.82) is 0 Å². The van der Waals surface area contributed by atoms with Gasteiger partial charge in [0, 0.05) is 16.9 Å². The van der Waals surface area contributed by atoms with Crippen molar-refractivity contribution in [3.63, 3.8) is 0 Å². The molecule has 7 heteroatoms. The number of ether oxygens (including phenoxy) is 1. The first-order valence-electron chi connectivity index (χ1n) is 9.04. The summed E-state index contributed by atoms with van der Waals surface area (Å²) in [5.41, 5.74) is 8.66. The first-order valence-corrected chi connectivity index (χ1v) is 9.85. The van der Waals surface area contributed by atoms with Gasteiger partial charge in [-0.3, -0.25) is 9.59 Å². The van der Waals surface area contributed by atoms with Crippen LogP contribution >= 0.6 is 11.3 Å². The van der Waals surface area contributed by atoms with Gasteiger partial charge in [0.15, 0.2) is 6.10 Å². The van der Waals surface area contributed by atoms with Crippen LogP contribution in [0.2, 0.25) is 0 Å². The molecule has 4 rings (SSSR count). The zero-order chi connectivity index (χ0) is 20.5. The van der Waals surface area contributed by atoms with Crippen LogP contribution in [0.25, 0.3) is 11.1 Å². The molecule has 29 heavy (non-hydrogen) atoms. The third-order valence-electron chi connectivity index (χ3n) is 4.81. The van der Waals surface area contributed by atoms with E-state index in [1.54, 1.807) is 18.2 Å². The number of rotatable bonds is 4. The number of esters is 1. The Kier molecular flexibility index (Phi) is 4.90. The van der Waals surface area contributed by atoms with E-state index >= 15 is 0 Å². The fraction of sp³-hybridized carbons (Fsp3) is 0.136. The van der Waals surface area contributed by atoms with Gasteiger partial charge in [-0.25, -0.2) is 4.79 Å². The molecule has 0 saturated heterocycles. The molecule has 1 unspecified atom stereocenters. The Morgan fingerprint density at radius 1 is 1.10 bits per heavy atom. The SMILES string of the molecule is Cc1sc(NC(=O)C2Cc3ccccc3C(=O)O2)c(C(N)=O)c1-c1ccccc1. The van der Waals surface area contributed by atoms with Gasteiger partial charge in [0.05, 0.1) is 11.1 Å². The quantitative estimate of drug-likeness (QED) is 0.648. The Morgan fingerprint density at radius 2 is 1.79 bits per heavy atom. The van der Waals surface area contributed by atoms with Gasteiger partial charge in [-0.1, -0.05) is 48.5 Å². The zero-order valence-electron chi connectivity index (χ0n) is 15.6. The molecule has 2 amide bonds. The molecule has 3 N–H and O–H groups in total. The maximum atomic E-state index is 12.8. The second-order valence-corrected chi connectivity index (χ2v) is 7.94. The Labute approximate surface area is 171 Å². The van der Waals surface area contributed by atoms with E-state index < -0.39 is 23.9 Å². The molecule has 0 radical (unpaired) electrons. The highest BCUT2D eigenvalue weighted by atomic mass is 32.1. The van der Waals surface area contributed by atoms with Crippen molar-refractivity contribution in [1.82, 2.24) is 0 Å². The second kappa shape index (κ2) is 7.52. The zero-order valence-corrected chi connectivity index (χ0v) is 16.4. The van der Waals surface area contributed by atoms with Gasteiger partial charge in [0.1, 0.15) is 5.00 Å². The third-order valence-corrected chi connectivity index (χ3v) is 5.83. The predicted molar refractivity (Wildman–Crippen MR) is 111 cm³/mol. The molecule has 0 aliphatic carbocycles. The van der Waals surface area contributed by atoms with Crippen LogP contribution in [0.5, 0.6) is 0 Å². The van der Waals surface area contributed by atoms with E-state index in [4.69, 9.17) is 10.5 Å². The van der Waals surface area contributed by atoms with Gasteiger partial charge in [-0.2, -0.15) is 0 Å². The van der Waals surface area contributed by atoms with Crippen LogP contribution in [-0.2, 0) is 16.0 Å². The Hall–Kier alpha value is -3.45. The van der Waals surface area contributed by atoms with Gasteiger partial charge >= 0.3 is 5.97 Å². The molecular formula is C22H18N2O4S. The normalized spacial score (nSPS) is 15.3. The summed E-state index contributed by atoms with van der Waals surface area (Å²) in [6.07, 6.45) is -0.698. The van der Waals surface area contributed by atoms with Crippen LogP contribution in [0, 0.1) is 6.92 Å². The lowest BCUT2D eigenvalue weighted by Gasteiger charge is -2.23. The number of nitrogens with one attached hydrogen (secondary N) is 1. The highest BCUT2D eigenvalue weighted by Gasteiger charge is 2.32. The lowest BCUT2D eigenvalue weighted by molar-refractivity contribution is -0.125. The number of cyclic esters (lactones) is 1. The molecule has 1 aromatic heterocycles. The Balaban J connectivity index is 1.64. The molecule has 6 nitrogen and oxygen atoms in total. The molecule has 1 aliphatic heterocycles. The lowest BCUT2D eigenvalue weighted by atomic mass is 9.98. The summed E-state index contributed by atoms with van der Waals surface area (Å²) in [4.78, 5) is 38.1. The standard InChI is InChI=1S/C22H18N2O4S/c1-12-17(13-7-3-2-4-8-13)18(19(23)25)21(29-12)24-20(26)16-11-14-9-5-6-10-15(14)22(27)28-16/h2-10,16H,11H2,1H3,(H2,23,25)(H,24,26). The van der Waals surface area contributed by atoms with E-state index in [-0.39, 0.29) is 12.0 Å². The lowest BCUT2D eigenvalue weighted by Crippen LogP contribution is -2.38. The molecule has 0 saturated carbocycles. The van der Waals surface area contributed by atoms with Crippen LogP contribution in [0.15, 0.2) is 54.6 Å². The molecule has 146 valence electrons. The Bertz CT molecular complexity index is 1120. The monoisotopic (exact) mass is 406 g/mol. The molecule has 1 atom stereocenters. The summed E-state index contributed by atoms with van der Waals surface area (Å²) in [6.45, 7) is 1.87. The van der Waals surface area contributed by atoms with Crippen molar-refractivity contribution in [3.05, 3.63) is 76.2 Å². The van der Waals surface area contributed by atoms with Crippen molar-refractivity contribution in [2.24, 2.45) is 5.73 Å². The average Bonchev–Trinajstić information content (AvgIpc) is 3.04. The van der Waals surface area contributed by atoms with Gasteiger partial charge in [0.2, 0.25) is 0 Å². The molecule has 0 fully saturated rings. The maximum Gasteiger partial charge on any atom is 0.339 e. The minimum Gasteiger partial charge on any atom is -0.448 e. The first-order chi connectivity index (χ1) is 14.0. The largest absolute Gasteiger partial charge is 0.448 e. The number of hydrogen-bond donors (Lipinski definition) is 2. The summed E-state index contributed by atoms with van der Waals surface area (Å²) in [5, 5.41) is 3.10. The molecule has 0 spiro atoms. The number of hydrogen-bond acceptors (Lipinski definition) is 5. The molecular weight excluding hydrogens is 388 g/mol. The summed E-state index contributed by atoms with van der Waals surface area (Å²) in [6, 6.07) is 16.4. The van der Waals surface area contributed by atoms with Crippen molar-refractivity contribution in [3.8, 4) is 11.1 Å². The number of benzene rings is 2. The van der Waals surface area contributed by atoms with Crippen LogP contribution in [0.1, 0.15) is 31.2 Å². The van der Waals surface area contributed by atoms with Crippen molar-refractivity contribution < 1.29 is 19.1 Å². The second-order valence-electron chi connectivity index (χ2n) is 6.71. The number of fused-ring (bicyclic) bond motifs is 1. The number of aryl methyl sites for hydroxylation is 1. The predicted octanol–water partition coefficient (Wildman–Crippen LogP) is 3.54. The maximum absolute atomic E-state index is 12.8. The van der Waals surface area contributed by atoms with Crippen LogP contribution in [-0.4, -0.2) is 23.9 Å². The van der Waals surface area contributed by atoms with Gasteiger partial charge in [0.25, 0.3) is 11.8 Å². The number of carbonyl (C=O) groups excluding carboxylic acids is 3. The average molecular weight is 406 g/mol. The first kappa shape index (κ1) is 18.9. The van der Waals surface area contributed by atoms with Crippen molar-refractivity contribution in [2.75, 3.05) is 5.32 Å². The van der Waals surface area contributed by atoms with E-state index in [9.17, 15) is 14.4 Å². The van der Waals surface area contributed by atoms with Gasteiger partial charge in [-0.15, -0.1) is 11.3 Å². The van der Waals surface area contributed by atoms with E-state index in [1.165, 1.54) is 11.3 Å². The fourth-order valence-electron chi connectivity index (χ4n) is 3.49. The highest BCUT2D eigenvalue weighted by molar-refractivity contribution is 7.17. The third kappa shape index (κ3) is 3.52. The topological polar surface area (TPSA) is 98.5 Å². The molecule has 2 heterocycles. The number of amides is 2. The summed E-state index contributed by atoms with van der Waals surface area (Å²) < 4.78 is 5.31. The molecule has 0 bridgehead atoms. The number of nitrogens with two attached hydrogens (primary N) is 1. The van der Waals surface area contributed by atoms with Crippen LogP contribution in [0.4, 0.5) is 5.00 Å². The molecule has 1 aliphatic rings. The minimum absolute atomic E-state index is 0.259. The summed E-state index contributed by atoms with van der Waals surface area (Å²) >= 11 is 1.27. The minimum atomic E-state index is -0.972. The Morgan fingerprint density at radius 3 is 2.52 bits per heavy atom. The van der Waals surface area contributed by atoms with Crippen LogP contribution in [0.3, 0.4) is 0 Å².